The summed E-state index contributed by atoms with van der Waals surface area (Å²) in [5.41, 5.74) is 2.56. The van der Waals surface area contributed by atoms with E-state index in [4.69, 9.17) is 0 Å². The molecule has 1 atom stereocenters. The molecule has 3 rings (SSSR count). The van der Waals surface area contributed by atoms with Crippen LogP contribution in [0.3, 0.4) is 0 Å². The zero-order valence-electron chi connectivity index (χ0n) is 11.7. The third kappa shape index (κ3) is 3.15. The minimum absolute atomic E-state index is 0.147. The van der Waals surface area contributed by atoms with Crippen molar-refractivity contribution >= 4 is 10.0 Å². The maximum Gasteiger partial charge on any atom is 0.240 e. The van der Waals surface area contributed by atoms with Crippen molar-refractivity contribution < 1.29 is 13.7 Å². The Morgan fingerprint density at radius 2 is 1.76 bits per heavy atom. The number of nitrogens with two attached hydrogens (primary N) is 1. The molecule has 1 aliphatic heterocycles. The Morgan fingerprint density at radius 1 is 1.05 bits per heavy atom. The second kappa shape index (κ2) is 5.97. The summed E-state index contributed by atoms with van der Waals surface area (Å²) in [6, 6.07) is 16.9. The Morgan fingerprint density at radius 3 is 2.57 bits per heavy atom. The van der Waals surface area contributed by atoms with E-state index in [1.165, 1.54) is 11.1 Å². The molecule has 21 heavy (non-hydrogen) atoms. The number of hydrogen-bond acceptors (Lipinski definition) is 2. The van der Waals surface area contributed by atoms with Gasteiger partial charge in [-0.3, -0.25) is 0 Å². The van der Waals surface area contributed by atoms with Gasteiger partial charge in [-0.15, -0.1) is 0 Å². The van der Waals surface area contributed by atoms with Gasteiger partial charge in [0.05, 0.1) is 18.0 Å². The standard InChI is InChI=1S/C16H18N2O2S/c19-21(20,14-7-2-1-3-8-14)18-12-16-15-9-5-4-6-13(15)10-11-17-16/h1-9,16-18H,10-12H2/p+1/t16-/m0/s1. The molecular weight excluding hydrogens is 284 g/mol. The molecule has 5 heteroatoms. The van der Waals surface area contributed by atoms with Crippen molar-refractivity contribution in [3.8, 4) is 0 Å². The van der Waals surface area contributed by atoms with Crippen molar-refractivity contribution in [1.29, 1.82) is 0 Å². The number of sulfonamides is 1. The molecule has 0 unspecified atom stereocenters. The van der Waals surface area contributed by atoms with Crippen LogP contribution in [-0.4, -0.2) is 21.5 Å². The van der Waals surface area contributed by atoms with E-state index >= 15 is 0 Å². The van der Waals surface area contributed by atoms with Gasteiger partial charge < -0.3 is 5.32 Å². The summed E-state index contributed by atoms with van der Waals surface area (Å²) in [6.07, 6.45) is 1.04. The fourth-order valence-electron chi connectivity index (χ4n) is 2.77. The molecule has 1 heterocycles. The molecule has 0 amide bonds. The van der Waals surface area contributed by atoms with E-state index in [1.807, 2.05) is 18.2 Å². The predicted molar refractivity (Wildman–Crippen MR) is 81.3 cm³/mol. The van der Waals surface area contributed by atoms with Crippen LogP contribution in [0.15, 0.2) is 59.5 Å². The Hall–Kier alpha value is -1.69. The largest absolute Gasteiger partial charge is 0.339 e. The third-order valence-corrected chi connectivity index (χ3v) is 5.31. The summed E-state index contributed by atoms with van der Waals surface area (Å²) in [5, 5.41) is 2.20. The van der Waals surface area contributed by atoms with Crippen LogP contribution < -0.4 is 10.0 Å². The molecule has 0 fully saturated rings. The number of nitrogens with one attached hydrogen (secondary N) is 1. The molecule has 0 radical (unpaired) electrons. The summed E-state index contributed by atoms with van der Waals surface area (Å²) in [5.74, 6) is 0. The van der Waals surface area contributed by atoms with Crippen LogP contribution in [0.2, 0.25) is 0 Å². The van der Waals surface area contributed by atoms with Gasteiger partial charge in [-0.05, 0) is 17.7 Å². The smallest absolute Gasteiger partial charge is 0.240 e. The monoisotopic (exact) mass is 303 g/mol. The van der Waals surface area contributed by atoms with Crippen molar-refractivity contribution in [3.05, 3.63) is 65.7 Å². The summed E-state index contributed by atoms with van der Waals surface area (Å²) in [6.45, 7) is 1.41. The second-order valence-corrected chi connectivity index (χ2v) is 7.01. The highest BCUT2D eigenvalue weighted by molar-refractivity contribution is 7.89. The normalized spacial score (nSPS) is 18.2. The molecule has 2 aromatic carbocycles. The number of hydrogen-bond donors (Lipinski definition) is 2. The van der Waals surface area contributed by atoms with E-state index in [-0.39, 0.29) is 6.04 Å². The SMILES string of the molecule is O=S(=O)(NC[C@@H]1[NH2+]CCc2ccccc21)c1ccccc1. The van der Waals surface area contributed by atoms with Gasteiger partial charge in [0.25, 0.3) is 0 Å². The predicted octanol–water partition coefficient (Wildman–Crippen LogP) is 0.826. The maximum absolute atomic E-state index is 12.3. The highest BCUT2D eigenvalue weighted by Gasteiger charge is 2.24. The molecule has 0 saturated heterocycles. The van der Waals surface area contributed by atoms with Crippen molar-refractivity contribution in [2.24, 2.45) is 0 Å². The maximum atomic E-state index is 12.3. The number of rotatable bonds is 4. The third-order valence-electron chi connectivity index (χ3n) is 3.87. The molecule has 110 valence electrons. The van der Waals surface area contributed by atoms with Gasteiger partial charge in [0, 0.05) is 12.0 Å². The van der Waals surface area contributed by atoms with Gasteiger partial charge in [-0.1, -0.05) is 42.5 Å². The Bertz CT molecular complexity index is 714. The molecule has 1 aliphatic rings. The van der Waals surface area contributed by atoms with E-state index in [2.05, 4.69) is 22.2 Å². The molecular formula is C16H19N2O2S+. The first-order valence-corrected chi connectivity index (χ1v) is 8.61. The van der Waals surface area contributed by atoms with Crippen molar-refractivity contribution in [2.45, 2.75) is 17.4 Å². The molecule has 2 aromatic rings. The topological polar surface area (TPSA) is 62.8 Å². The van der Waals surface area contributed by atoms with Crippen LogP contribution in [0.4, 0.5) is 0 Å². The van der Waals surface area contributed by atoms with Gasteiger partial charge in [-0.2, -0.15) is 0 Å². The van der Waals surface area contributed by atoms with Gasteiger partial charge in [0.2, 0.25) is 10.0 Å². The molecule has 4 nitrogen and oxygen atoms in total. The van der Waals surface area contributed by atoms with Crippen LogP contribution in [0.1, 0.15) is 17.2 Å². The lowest BCUT2D eigenvalue weighted by molar-refractivity contribution is -0.697. The fraction of sp³-hybridized carbons (Fsp3) is 0.250. The first-order chi connectivity index (χ1) is 10.2. The van der Waals surface area contributed by atoms with Crippen molar-refractivity contribution in [3.63, 3.8) is 0 Å². The minimum Gasteiger partial charge on any atom is -0.339 e. The van der Waals surface area contributed by atoms with Crippen molar-refractivity contribution in [1.82, 2.24) is 4.72 Å². The average Bonchev–Trinajstić information content (AvgIpc) is 2.54. The van der Waals surface area contributed by atoms with Crippen LogP contribution in [0.25, 0.3) is 0 Å². The lowest BCUT2D eigenvalue weighted by atomic mass is 9.95. The second-order valence-electron chi connectivity index (χ2n) is 5.24. The lowest BCUT2D eigenvalue weighted by Gasteiger charge is -2.24. The minimum atomic E-state index is -3.43. The first kappa shape index (κ1) is 14.3. The van der Waals surface area contributed by atoms with Gasteiger partial charge in [-0.25, -0.2) is 13.1 Å². The van der Waals surface area contributed by atoms with E-state index < -0.39 is 10.0 Å². The van der Waals surface area contributed by atoms with E-state index in [1.54, 1.807) is 24.3 Å². The zero-order chi connectivity index (χ0) is 14.7. The van der Waals surface area contributed by atoms with Crippen LogP contribution in [0.5, 0.6) is 0 Å². The first-order valence-electron chi connectivity index (χ1n) is 7.13. The lowest BCUT2D eigenvalue weighted by Crippen LogP contribution is -2.88. The Balaban J connectivity index is 1.75. The van der Waals surface area contributed by atoms with E-state index in [0.717, 1.165) is 13.0 Å². The molecule has 0 aromatic heterocycles. The summed E-state index contributed by atoms with van der Waals surface area (Å²) in [4.78, 5) is 0.314. The number of benzene rings is 2. The Labute approximate surface area is 125 Å². The molecule has 3 N–H and O–H groups in total. The van der Waals surface area contributed by atoms with Crippen LogP contribution in [0, 0.1) is 0 Å². The quantitative estimate of drug-likeness (QED) is 0.878. The number of fused-ring (bicyclic) bond motifs is 1. The van der Waals surface area contributed by atoms with Crippen LogP contribution in [-0.2, 0) is 16.4 Å². The highest BCUT2D eigenvalue weighted by Crippen LogP contribution is 2.18. The van der Waals surface area contributed by atoms with Crippen molar-refractivity contribution in [2.75, 3.05) is 13.1 Å². The molecule has 0 spiro atoms. The van der Waals surface area contributed by atoms with Gasteiger partial charge >= 0.3 is 0 Å². The molecule has 0 bridgehead atoms. The summed E-state index contributed by atoms with van der Waals surface area (Å²) >= 11 is 0. The molecule has 0 aliphatic carbocycles. The van der Waals surface area contributed by atoms with Gasteiger partial charge in [0.1, 0.15) is 6.04 Å². The highest BCUT2D eigenvalue weighted by atomic mass is 32.2. The average molecular weight is 303 g/mol. The summed E-state index contributed by atoms with van der Waals surface area (Å²) in [7, 11) is -3.43. The zero-order valence-corrected chi connectivity index (χ0v) is 12.5. The fourth-order valence-corrected chi connectivity index (χ4v) is 3.85. The Kier molecular flexibility index (Phi) is 4.05. The van der Waals surface area contributed by atoms with E-state index in [9.17, 15) is 8.42 Å². The summed E-state index contributed by atoms with van der Waals surface area (Å²) < 4.78 is 27.3. The number of quaternary nitrogens is 1. The molecule has 0 saturated carbocycles. The van der Waals surface area contributed by atoms with Gasteiger partial charge in [0.15, 0.2) is 0 Å². The van der Waals surface area contributed by atoms with Crippen LogP contribution >= 0.6 is 0 Å². The van der Waals surface area contributed by atoms with E-state index in [0.29, 0.717) is 11.4 Å².